The third-order valence-corrected chi connectivity index (χ3v) is 8.44. The van der Waals surface area contributed by atoms with Crippen molar-refractivity contribution in [1.82, 2.24) is 4.98 Å². The first-order valence-electron chi connectivity index (χ1n) is 9.34. The van der Waals surface area contributed by atoms with Crippen molar-refractivity contribution < 1.29 is 12.8 Å². The molecule has 0 unspecified atom stereocenters. The summed E-state index contributed by atoms with van der Waals surface area (Å²) in [5.41, 5.74) is 3.31. The molecule has 0 spiro atoms. The summed E-state index contributed by atoms with van der Waals surface area (Å²) < 4.78 is 37.9. The number of hydrogen-bond acceptors (Lipinski definition) is 5. The molecule has 0 N–H and O–H groups in total. The van der Waals surface area contributed by atoms with E-state index in [1.165, 1.54) is 29.7 Å². The third kappa shape index (κ3) is 5.53. The number of thioether (sulfide) groups is 1. The summed E-state index contributed by atoms with van der Waals surface area (Å²) in [6.07, 6.45) is 1.17. The van der Waals surface area contributed by atoms with Gasteiger partial charge in [-0.2, -0.15) is 0 Å². The predicted octanol–water partition coefficient (Wildman–Crippen LogP) is 7.62. The molecule has 1 heterocycles. The van der Waals surface area contributed by atoms with Crippen molar-refractivity contribution in [2.24, 2.45) is 0 Å². The maximum Gasteiger partial charge on any atom is 0.175 e. The zero-order chi connectivity index (χ0) is 22.9. The standard InChI is InChI=1S/C23H16Cl2FNO2S3/c1-32(28,29)20-8-4-15(5-9-20)21-22(16-2-6-19(26)7-3-16)31-23(27-21)30-13-14-10-17(24)12-18(25)11-14/h2-12H,13H2,1H3. The zero-order valence-corrected chi connectivity index (χ0v) is 20.6. The molecule has 9 heteroatoms. The lowest BCUT2D eigenvalue weighted by molar-refractivity contribution is 0.602. The van der Waals surface area contributed by atoms with Crippen molar-refractivity contribution in [3.8, 4) is 21.7 Å². The van der Waals surface area contributed by atoms with Gasteiger partial charge in [0.25, 0.3) is 0 Å². The van der Waals surface area contributed by atoms with Gasteiger partial charge in [0.1, 0.15) is 5.82 Å². The summed E-state index contributed by atoms with van der Waals surface area (Å²) in [4.78, 5) is 5.92. The van der Waals surface area contributed by atoms with Crippen LogP contribution in [0, 0.1) is 5.82 Å². The van der Waals surface area contributed by atoms with Crippen molar-refractivity contribution >= 4 is 56.1 Å². The van der Waals surface area contributed by atoms with Crippen LogP contribution in [-0.2, 0) is 15.6 Å². The summed E-state index contributed by atoms with van der Waals surface area (Å²) in [6.45, 7) is 0. The quantitative estimate of drug-likeness (QED) is 0.244. The van der Waals surface area contributed by atoms with Gasteiger partial charge in [-0.25, -0.2) is 17.8 Å². The van der Waals surface area contributed by atoms with Crippen molar-refractivity contribution in [3.05, 3.63) is 88.2 Å². The van der Waals surface area contributed by atoms with Crippen molar-refractivity contribution in [3.63, 3.8) is 0 Å². The summed E-state index contributed by atoms with van der Waals surface area (Å²) >= 11 is 15.2. The maximum atomic E-state index is 13.5. The Hall–Kier alpha value is -1.90. The minimum atomic E-state index is -3.30. The SMILES string of the molecule is CS(=O)(=O)c1ccc(-c2nc(SCc3cc(Cl)cc(Cl)c3)sc2-c2ccc(F)cc2)cc1. The highest BCUT2D eigenvalue weighted by atomic mass is 35.5. The van der Waals surface area contributed by atoms with Crippen molar-refractivity contribution in [1.29, 1.82) is 0 Å². The monoisotopic (exact) mass is 523 g/mol. The number of rotatable bonds is 6. The molecule has 0 aliphatic heterocycles. The van der Waals surface area contributed by atoms with E-state index in [1.54, 1.807) is 54.2 Å². The molecule has 1 aromatic heterocycles. The molecule has 164 valence electrons. The van der Waals surface area contributed by atoms with Gasteiger partial charge in [-0.15, -0.1) is 11.3 Å². The van der Waals surface area contributed by atoms with Gasteiger partial charge in [-0.3, -0.25) is 0 Å². The molecule has 3 nitrogen and oxygen atoms in total. The molecule has 32 heavy (non-hydrogen) atoms. The Kier molecular flexibility index (Phi) is 6.93. The fourth-order valence-corrected chi connectivity index (χ4v) is 6.36. The first kappa shape index (κ1) is 23.3. The van der Waals surface area contributed by atoms with Crippen molar-refractivity contribution in [2.75, 3.05) is 6.26 Å². The molecule has 3 aromatic carbocycles. The second-order valence-electron chi connectivity index (χ2n) is 7.03. The van der Waals surface area contributed by atoms with Crippen LogP contribution >= 0.6 is 46.3 Å². The molecule has 0 bridgehead atoms. The number of halogens is 3. The van der Waals surface area contributed by atoms with Crippen LogP contribution in [0.25, 0.3) is 21.7 Å². The van der Waals surface area contributed by atoms with E-state index in [-0.39, 0.29) is 10.7 Å². The van der Waals surface area contributed by atoms with E-state index in [9.17, 15) is 12.8 Å². The number of aromatic nitrogens is 1. The lowest BCUT2D eigenvalue weighted by atomic mass is 10.1. The predicted molar refractivity (Wildman–Crippen MR) is 132 cm³/mol. The van der Waals surface area contributed by atoms with E-state index >= 15 is 0 Å². The van der Waals surface area contributed by atoms with E-state index in [2.05, 4.69) is 0 Å². The van der Waals surface area contributed by atoms with Gasteiger partial charge in [0, 0.05) is 27.6 Å². The van der Waals surface area contributed by atoms with Gasteiger partial charge in [-0.1, -0.05) is 59.2 Å². The molecule has 0 fully saturated rings. The molecule has 4 aromatic rings. The number of hydrogen-bond donors (Lipinski definition) is 0. The lowest BCUT2D eigenvalue weighted by Gasteiger charge is -2.04. The van der Waals surface area contributed by atoms with Crippen LogP contribution in [0.3, 0.4) is 0 Å². The van der Waals surface area contributed by atoms with E-state index in [4.69, 9.17) is 28.2 Å². The lowest BCUT2D eigenvalue weighted by Crippen LogP contribution is -1.96. The van der Waals surface area contributed by atoms with Gasteiger partial charge in [0.15, 0.2) is 14.2 Å². The average Bonchev–Trinajstić information content (AvgIpc) is 3.16. The fourth-order valence-electron chi connectivity index (χ4n) is 3.05. The molecule has 0 aliphatic rings. The molecular formula is C23H16Cl2FNO2S3. The Balaban J connectivity index is 1.70. The summed E-state index contributed by atoms with van der Waals surface area (Å²) in [7, 11) is -3.30. The zero-order valence-electron chi connectivity index (χ0n) is 16.7. The largest absolute Gasteiger partial charge is 0.229 e. The highest BCUT2D eigenvalue weighted by Gasteiger charge is 2.17. The Labute approximate surface area is 204 Å². The molecule has 4 rings (SSSR count). The highest BCUT2D eigenvalue weighted by molar-refractivity contribution is 8.00. The second kappa shape index (κ2) is 9.53. The molecule has 0 amide bonds. The molecule has 0 saturated carbocycles. The highest BCUT2D eigenvalue weighted by Crippen LogP contribution is 2.41. The van der Waals surface area contributed by atoms with Gasteiger partial charge in [-0.05, 0) is 53.6 Å². The van der Waals surface area contributed by atoms with Crippen LogP contribution in [-0.4, -0.2) is 19.7 Å². The summed E-state index contributed by atoms with van der Waals surface area (Å²) in [6, 6.07) is 18.3. The molecule has 0 radical (unpaired) electrons. The topological polar surface area (TPSA) is 47.0 Å². The van der Waals surface area contributed by atoms with Gasteiger partial charge < -0.3 is 0 Å². The second-order valence-corrected chi connectivity index (χ2v) is 12.1. The Morgan fingerprint density at radius 1 is 0.938 bits per heavy atom. The molecule has 0 aliphatic carbocycles. The minimum absolute atomic E-state index is 0.243. The van der Waals surface area contributed by atoms with E-state index < -0.39 is 9.84 Å². The van der Waals surface area contributed by atoms with Crippen LogP contribution in [0.4, 0.5) is 4.39 Å². The van der Waals surface area contributed by atoms with E-state index in [1.807, 2.05) is 12.1 Å². The van der Waals surface area contributed by atoms with Crippen LogP contribution in [0.5, 0.6) is 0 Å². The van der Waals surface area contributed by atoms with Crippen LogP contribution in [0.15, 0.2) is 76.0 Å². The van der Waals surface area contributed by atoms with Gasteiger partial charge in [0.2, 0.25) is 0 Å². The number of benzene rings is 3. The Bertz CT molecular complexity index is 1350. The number of sulfone groups is 1. The van der Waals surface area contributed by atoms with Crippen LogP contribution in [0.2, 0.25) is 10.0 Å². The average molecular weight is 524 g/mol. The molecule has 0 atom stereocenters. The minimum Gasteiger partial charge on any atom is -0.229 e. The Morgan fingerprint density at radius 2 is 1.53 bits per heavy atom. The van der Waals surface area contributed by atoms with Crippen molar-refractivity contribution in [2.45, 2.75) is 15.0 Å². The molecule has 0 saturated heterocycles. The van der Waals surface area contributed by atoms with Gasteiger partial charge in [0.05, 0.1) is 15.5 Å². The number of nitrogens with zero attached hydrogens (tertiary/aromatic N) is 1. The maximum absolute atomic E-state index is 13.5. The van der Waals surface area contributed by atoms with Crippen LogP contribution in [0.1, 0.15) is 5.56 Å². The fraction of sp³-hybridized carbons (Fsp3) is 0.0870. The first-order chi connectivity index (χ1) is 15.2. The van der Waals surface area contributed by atoms with Gasteiger partial charge >= 0.3 is 0 Å². The Morgan fingerprint density at radius 3 is 2.12 bits per heavy atom. The normalized spacial score (nSPS) is 11.6. The summed E-state index contributed by atoms with van der Waals surface area (Å²) in [5, 5.41) is 1.15. The van der Waals surface area contributed by atoms with Crippen LogP contribution < -0.4 is 0 Å². The summed E-state index contributed by atoms with van der Waals surface area (Å²) in [5.74, 6) is 0.313. The molecular weight excluding hydrogens is 508 g/mol. The first-order valence-corrected chi connectivity index (χ1v) is 13.8. The van der Waals surface area contributed by atoms with E-state index in [0.717, 1.165) is 25.9 Å². The smallest absolute Gasteiger partial charge is 0.175 e. The van der Waals surface area contributed by atoms with E-state index in [0.29, 0.717) is 21.5 Å². The number of thiazole rings is 1. The third-order valence-electron chi connectivity index (χ3n) is 4.55.